The molecule has 1 saturated heterocycles. The first-order valence-electron chi connectivity index (χ1n) is 10.1. The SMILES string of the molecule is CC(C)(C1CCCP1c1ccccc1)P(=O)(c1ccccc1)c1ccccc1. The monoisotopic (exact) mass is 406 g/mol. The van der Waals surface area contributed by atoms with Gasteiger partial charge in [-0.15, -0.1) is 0 Å². The minimum Gasteiger partial charge on any atom is -0.313 e. The maximum absolute atomic E-state index is 15.0. The highest BCUT2D eigenvalue weighted by atomic mass is 31.2. The van der Waals surface area contributed by atoms with Crippen LogP contribution in [-0.2, 0) is 4.57 Å². The third-order valence-corrected chi connectivity index (χ3v) is 13.8. The van der Waals surface area contributed by atoms with Gasteiger partial charge in [0.15, 0.2) is 0 Å². The van der Waals surface area contributed by atoms with Crippen LogP contribution in [0.25, 0.3) is 0 Å². The lowest BCUT2D eigenvalue weighted by Gasteiger charge is -2.43. The molecule has 0 bridgehead atoms. The molecule has 1 aliphatic rings. The molecule has 3 aromatic carbocycles. The minimum absolute atomic E-state index is 0.298. The van der Waals surface area contributed by atoms with Crippen molar-refractivity contribution in [3.8, 4) is 0 Å². The van der Waals surface area contributed by atoms with Gasteiger partial charge in [-0.1, -0.05) is 113 Å². The van der Waals surface area contributed by atoms with E-state index in [1.807, 2.05) is 36.4 Å². The van der Waals surface area contributed by atoms with E-state index in [4.69, 9.17) is 0 Å². The van der Waals surface area contributed by atoms with Crippen LogP contribution in [0.3, 0.4) is 0 Å². The zero-order chi connectivity index (χ0) is 19.6. The number of hydrogen-bond acceptors (Lipinski definition) is 1. The molecule has 0 saturated carbocycles. The van der Waals surface area contributed by atoms with Gasteiger partial charge in [0.1, 0.15) is 7.14 Å². The highest BCUT2D eigenvalue weighted by molar-refractivity contribution is 7.81. The van der Waals surface area contributed by atoms with Crippen molar-refractivity contribution in [1.29, 1.82) is 0 Å². The van der Waals surface area contributed by atoms with Crippen LogP contribution in [0.2, 0.25) is 0 Å². The molecule has 1 fully saturated rings. The third kappa shape index (κ3) is 3.30. The van der Waals surface area contributed by atoms with Crippen molar-refractivity contribution >= 4 is 31.0 Å². The van der Waals surface area contributed by atoms with E-state index in [-0.39, 0.29) is 13.1 Å². The Morgan fingerprint density at radius 2 is 1.25 bits per heavy atom. The second-order valence-corrected chi connectivity index (χ2v) is 14.1. The average Bonchev–Trinajstić information content (AvgIpc) is 3.26. The maximum atomic E-state index is 15.0. The quantitative estimate of drug-likeness (QED) is 0.493. The molecule has 28 heavy (non-hydrogen) atoms. The van der Waals surface area contributed by atoms with Gasteiger partial charge in [-0.25, -0.2) is 0 Å². The third-order valence-electron chi connectivity index (χ3n) is 6.21. The molecule has 0 aliphatic carbocycles. The van der Waals surface area contributed by atoms with Gasteiger partial charge in [0.05, 0.1) is 0 Å². The van der Waals surface area contributed by atoms with Crippen LogP contribution in [0.4, 0.5) is 0 Å². The van der Waals surface area contributed by atoms with Gasteiger partial charge >= 0.3 is 0 Å². The second kappa shape index (κ2) is 7.98. The topological polar surface area (TPSA) is 17.1 Å². The summed E-state index contributed by atoms with van der Waals surface area (Å²) in [4.78, 5) is 0. The highest BCUT2D eigenvalue weighted by Gasteiger charge is 2.51. The van der Waals surface area contributed by atoms with Crippen LogP contribution < -0.4 is 15.9 Å². The van der Waals surface area contributed by atoms with Gasteiger partial charge < -0.3 is 4.57 Å². The molecule has 3 heteroatoms. The van der Waals surface area contributed by atoms with Crippen LogP contribution in [-0.4, -0.2) is 17.0 Å². The fourth-order valence-corrected chi connectivity index (χ4v) is 12.3. The predicted molar refractivity (Wildman–Crippen MR) is 125 cm³/mol. The van der Waals surface area contributed by atoms with Crippen LogP contribution in [0, 0.1) is 0 Å². The van der Waals surface area contributed by atoms with Crippen molar-refractivity contribution in [1.82, 2.24) is 0 Å². The summed E-state index contributed by atoms with van der Waals surface area (Å²) in [6, 6.07) is 31.3. The molecular weight excluding hydrogens is 378 g/mol. The maximum Gasteiger partial charge on any atom is 0.149 e. The van der Waals surface area contributed by atoms with Crippen molar-refractivity contribution in [2.75, 3.05) is 6.16 Å². The lowest BCUT2D eigenvalue weighted by Crippen LogP contribution is -2.41. The molecule has 4 rings (SSSR count). The zero-order valence-electron chi connectivity index (χ0n) is 16.7. The Hall–Kier alpha value is -1.68. The minimum atomic E-state index is -2.82. The smallest absolute Gasteiger partial charge is 0.149 e. The zero-order valence-corrected chi connectivity index (χ0v) is 18.5. The first kappa shape index (κ1) is 19.6. The van der Waals surface area contributed by atoms with E-state index in [0.717, 1.165) is 17.0 Å². The summed E-state index contributed by atoms with van der Waals surface area (Å²) in [5.74, 6) is 0. The van der Waals surface area contributed by atoms with E-state index in [9.17, 15) is 0 Å². The van der Waals surface area contributed by atoms with E-state index in [0.29, 0.717) is 5.66 Å². The summed E-state index contributed by atoms with van der Waals surface area (Å²) in [5, 5.41) is 3.14. The summed E-state index contributed by atoms with van der Waals surface area (Å²) in [6.45, 7) is 4.53. The number of hydrogen-bond donors (Lipinski definition) is 0. The van der Waals surface area contributed by atoms with Crippen LogP contribution in [0.5, 0.6) is 0 Å². The van der Waals surface area contributed by atoms with E-state index in [2.05, 4.69) is 68.4 Å². The Balaban J connectivity index is 1.85. The highest BCUT2D eigenvalue weighted by Crippen LogP contribution is 2.66. The molecule has 1 heterocycles. The summed E-state index contributed by atoms with van der Waals surface area (Å²) in [5.41, 5.74) is 0.455. The molecule has 0 spiro atoms. The molecule has 2 atom stereocenters. The molecular formula is C25H28OP2. The summed E-state index contributed by atoms with van der Waals surface area (Å²) < 4.78 is 15.0. The van der Waals surface area contributed by atoms with Crippen LogP contribution in [0.15, 0.2) is 91.0 Å². The van der Waals surface area contributed by atoms with E-state index < -0.39 is 7.14 Å². The summed E-state index contributed by atoms with van der Waals surface area (Å²) in [6.07, 6.45) is 3.65. The van der Waals surface area contributed by atoms with Crippen molar-refractivity contribution in [2.45, 2.75) is 37.5 Å². The van der Waals surface area contributed by atoms with Crippen molar-refractivity contribution in [2.24, 2.45) is 0 Å². The first-order chi connectivity index (χ1) is 13.5. The first-order valence-corrected chi connectivity index (χ1v) is 13.4. The van der Waals surface area contributed by atoms with Gasteiger partial charge in [-0.3, -0.25) is 0 Å². The Bertz CT molecular complexity index is 908. The standard InChI is InChI=1S/C25H28OP2/c1-25(2,24-19-12-20-27(24)21-13-6-3-7-14-21)28(26,22-15-8-4-9-16-22)23-17-10-5-11-18-23/h3-11,13-18,24H,12,19-20H2,1-2H3. The lowest BCUT2D eigenvalue weighted by molar-refractivity contribution is 0.537. The van der Waals surface area contributed by atoms with Crippen molar-refractivity contribution in [3.63, 3.8) is 0 Å². The van der Waals surface area contributed by atoms with Gasteiger partial charge in [0.25, 0.3) is 0 Å². The Labute approximate surface area is 170 Å². The number of benzene rings is 3. The molecule has 0 aromatic heterocycles. The summed E-state index contributed by atoms with van der Waals surface area (Å²) >= 11 is 0. The lowest BCUT2D eigenvalue weighted by atomic mass is 10.1. The Morgan fingerprint density at radius 1 is 0.786 bits per heavy atom. The largest absolute Gasteiger partial charge is 0.313 e. The molecule has 2 unspecified atom stereocenters. The molecule has 144 valence electrons. The fourth-order valence-electron chi connectivity index (χ4n) is 4.73. The van der Waals surface area contributed by atoms with Crippen LogP contribution in [0.1, 0.15) is 26.7 Å². The number of rotatable bonds is 5. The average molecular weight is 406 g/mol. The molecule has 0 amide bonds. The summed E-state index contributed by atoms with van der Waals surface area (Å²) in [7, 11) is -3.13. The Kier molecular flexibility index (Phi) is 5.59. The van der Waals surface area contributed by atoms with E-state index in [1.165, 1.54) is 17.9 Å². The molecule has 1 nitrogen and oxygen atoms in total. The molecule has 0 radical (unpaired) electrons. The normalized spacial score (nSPS) is 20.2. The van der Waals surface area contributed by atoms with E-state index in [1.54, 1.807) is 0 Å². The van der Waals surface area contributed by atoms with Gasteiger partial charge in [-0.2, -0.15) is 0 Å². The van der Waals surface area contributed by atoms with Gasteiger partial charge in [-0.05, 0) is 30.0 Å². The van der Waals surface area contributed by atoms with Crippen molar-refractivity contribution in [3.05, 3.63) is 91.0 Å². The van der Waals surface area contributed by atoms with Crippen molar-refractivity contribution < 1.29 is 4.57 Å². The molecule has 3 aromatic rings. The van der Waals surface area contributed by atoms with Gasteiger partial charge in [0, 0.05) is 15.8 Å². The van der Waals surface area contributed by atoms with E-state index >= 15 is 4.57 Å². The predicted octanol–water partition coefficient (Wildman–Crippen LogP) is 5.75. The molecule has 0 N–H and O–H groups in total. The molecule has 1 aliphatic heterocycles. The van der Waals surface area contributed by atoms with Crippen LogP contribution >= 0.6 is 15.1 Å². The fraction of sp³-hybridized carbons (Fsp3) is 0.280. The second-order valence-electron chi connectivity index (χ2n) is 8.12. The Morgan fingerprint density at radius 3 is 1.75 bits per heavy atom. The van der Waals surface area contributed by atoms with Gasteiger partial charge in [0.2, 0.25) is 0 Å².